The largest absolute Gasteiger partial charge is 0.352 e. The van der Waals surface area contributed by atoms with E-state index in [2.05, 4.69) is 15.6 Å². The van der Waals surface area contributed by atoms with E-state index >= 15 is 0 Å². The molecule has 2 N–H and O–H groups in total. The van der Waals surface area contributed by atoms with Crippen molar-refractivity contribution in [1.82, 2.24) is 14.9 Å². The van der Waals surface area contributed by atoms with Crippen molar-refractivity contribution >= 4 is 40.2 Å². The van der Waals surface area contributed by atoms with Crippen molar-refractivity contribution in [3.63, 3.8) is 0 Å². The molecule has 0 aliphatic rings. The van der Waals surface area contributed by atoms with Crippen molar-refractivity contribution in [3.8, 4) is 0 Å². The van der Waals surface area contributed by atoms with E-state index in [9.17, 15) is 23.2 Å². The lowest BCUT2D eigenvalue weighted by Gasteiger charge is -2.14. The number of anilines is 1. The topological polar surface area (TPSA) is 93.1 Å². The normalized spacial score (nSPS) is 10.9. The number of fused-ring (bicyclic) bond motifs is 1. The molecule has 0 saturated heterocycles. The Kier molecular flexibility index (Phi) is 8.29. The minimum Gasteiger partial charge on any atom is -0.352 e. The summed E-state index contributed by atoms with van der Waals surface area (Å²) < 4.78 is 28.8. The molecule has 7 nitrogen and oxygen atoms in total. The lowest BCUT2D eigenvalue weighted by molar-refractivity contribution is -0.113. The summed E-state index contributed by atoms with van der Waals surface area (Å²) in [5.41, 5.74) is 1.20. The zero-order valence-corrected chi connectivity index (χ0v) is 20.8. The van der Waals surface area contributed by atoms with Crippen molar-refractivity contribution in [2.24, 2.45) is 0 Å². The number of nitrogens with zero attached hydrogens (tertiary/aromatic N) is 2. The number of hydrogen-bond acceptors (Lipinski definition) is 5. The van der Waals surface area contributed by atoms with E-state index < -0.39 is 17.5 Å². The maximum absolute atomic E-state index is 13.9. The molecule has 0 atom stereocenters. The number of aromatic nitrogens is 2. The summed E-state index contributed by atoms with van der Waals surface area (Å²) in [5.74, 6) is -2.37. The number of carbonyl (C=O) groups is 2. The Hall–Kier alpha value is -4.05. The summed E-state index contributed by atoms with van der Waals surface area (Å²) >= 11 is 1.01. The average molecular weight is 523 g/mol. The van der Waals surface area contributed by atoms with E-state index in [-0.39, 0.29) is 29.5 Å². The fraction of sp³-hybridized carbons (Fsp3) is 0.185. The Morgan fingerprint density at radius 1 is 1.03 bits per heavy atom. The van der Waals surface area contributed by atoms with Gasteiger partial charge in [0.2, 0.25) is 5.91 Å². The van der Waals surface area contributed by atoms with Gasteiger partial charge in [-0.2, -0.15) is 0 Å². The second-order valence-corrected chi connectivity index (χ2v) is 9.16. The van der Waals surface area contributed by atoms with Gasteiger partial charge in [-0.15, -0.1) is 0 Å². The molecule has 4 rings (SSSR count). The quantitative estimate of drug-likeness (QED) is 0.248. The van der Waals surface area contributed by atoms with Gasteiger partial charge in [-0.25, -0.2) is 13.8 Å². The van der Waals surface area contributed by atoms with Crippen LogP contribution in [-0.4, -0.2) is 33.7 Å². The molecule has 4 aromatic rings. The first-order valence-electron chi connectivity index (χ1n) is 11.6. The first kappa shape index (κ1) is 26.0. The van der Waals surface area contributed by atoms with Crippen LogP contribution in [0.2, 0.25) is 0 Å². The summed E-state index contributed by atoms with van der Waals surface area (Å²) in [4.78, 5) is 42.5. The molecule has 0 saturated carbocycles. The van der Waals surface area contributed by atoms with Crippen molar-refractivity contribution in [2.75, 3.05) is 17.6 Å². The van der Waals surface area contributed by atoms with Gasteiger partial charge in [0, 0.05) is 18.2 Å². The predicted molar refractivity (Wildman–Crippen MR) is 140 cm³/mol. The van der Waals surface area contributed by atoms with Crippen LogP contribution in [0.15, 0.2) is 76.7 Å². The predicted octanol–water partition coefficient (Wildman–Crippen LogP) is 4.59. The number of benzene rings is 3. The van der Waals surface area contributed by atoms with Crippen LogP contribution < -0.4 is 16.2 Å². The molecule has 37 heavy (non-hydrogen) atoms. The highest BCUT2D eigenvalue weighted by molar-refractivity contribution is 7.99. The molecule has 1 aromatic heterocycles. The Morgan fingerprint density at radius 2 is 1.78 bits per heavy atom. The van der Waals surface area contributed by atoms with Crippen molar-refractivity contribution in [1.29, 1.82) is 0 Å². The third-order valence-electron chi connectivity index (χ3n) is 5.45. The van der Waals surface area contributed by atoms with Crippen molar-refractivity contribution in [2.45, 2.75) is 25.0 Å². The van der Waals surface area contributed by atoms with Crippen LogP contribution in [0.4, 0.5) is 14.5 Å². The number of hydrogen-bond donors (Lipinski definition) is 2. The highest BCUT2D eigenvalue weighted by Gasteiger charge is 2.15. The van der Waals surface area contributed by atoms with Gasteiger partial charge in [-0.1, -0.05) is 43.0 Å². The molecule has 0 spiro atoms. The molecule has 0 bridgehead atoms. The molecular formula is C27H24F2N4O3S. The van der Waals surface area contributed by atoms with Crippen LogP contribution >= 0.6 is 11.8 Å². The van der Waals surface area contributed by atoms with Gasteiger partial charge < -0.3 is 10.6 Å². The molecule has 0 unspecified atom stereocenters. The lowest BCUT2D eigenvalue weighted by atomic mass is 10.1. The molecule has 0 aliphatic carbocycles. The van der Waals surface area contributed by atoms with Gasteiger partial charge in [0.05, 0.1) is 28.9 Å². The van der Waals surface area contributed by atoms with Crippen molar-refractivity contribution in [3.05, 3.63) is 99.8 Å². The SMILES string of the molecule is CCCNC(=O)c1ccc(Cn2c(SCC(=O)Nc3cc(F)ccc3F)nc3ccccc3c2=O)cc1. The molecule has 3 aromatic carbocycles. The molecule has 10 heteroatoms. The minimum atomic E-state index is -0.757. The summed E-state index contributed by atoms with van der Waals surface area (Å²) in [6, 6.07) is 16.6. The number of rotatable bonds is 9. The van der Waals surface area contributed by atoms with Crippen LogP contribution in [0.5, 0.6) is 0 Å². The third kappa shape index (κ3) is 6.39. The molecule has 190 valence electrons. The summed E-state index contributed by atoms with van der Waals surface area (Å²) in [6.07, 6.45) is 0.831. The summed E-state index contributed by atoms with van der Waals surface area (Å²) in [6.45, 7) is 2.71. The van der Waals surface area contributed by atoms with E-state index in [1.54, 1.807) is 48.5 Å². The van der Waals surface area contributed by atoms with Crippen LogP contribution in [-0.2, 0) is 11.3 Å². The van der Waals surface area contributed by atoms with Gasteiger partial charge in [-0.05, 0) is 48.4 Å². The van der Waals surface area contributed by atoms with Gasteiger partial charge in [0.1, 0.15) is 11.6 Å². The average Bonchev–Trinajstić information content (AvgIpc) is 2.90. The standard InChI is InChI=1S/C27H24F2N4O3S/c1-2-13-30-25(35)18-9-7-17(8-10-18)15-33-26(36)20-5-3-4-6-22(20)32-27(33)37-16-24(34)31-23-14-19(28)11-12-21(23)29/h3-12,14H,2,13,15-16H2,1H3,(H,30,35)(H,31,34). The van der Waals surface area contributed by atoms with E-state index in [4.69, 9.17) is 0 Å². The summed E-state index contributed by atoms with van der Waals surface area (Å²) in [7, 11) is 0. The number of halogens is 2. The number of amides is 2. The minimum absolute atomic E-state index is 0.163. The Bertz CT molecular complexity index is 1510. The zero-order valence-electron chi connectivity index (χ0n) is 20.0. The first-order chi connectivity index (χ1) is 17.9. The summed E-state index contributed by atoms with van der Waals surface area (Å²) in [5, 5.41) is 5.88. The molecule has 1 heterocycles. The fourth-order valence-electron chi connectivity index (χ4n) is 3.59. The second kappa shape index (κ2) is 11.8. The van der Waals surface area contributed by atoms with Crippen LogP contribution in [0, 0.1) is 11.6 Å². The molecule has 0 fully saturated rings. The van der Waals surface area contributed by atoms with Gasteiger partial charge in [0.25, 0.3) is 11.5 Å². The van der Waals surface area contributed by atoms with E-state index in [1.807, 2.05) is 6.92 Å². The highest BCUT2D eigenvalue weighted by Crippen LogP contribution is 2.21. The fourth-order valence-corrected chi connectivity index (χ4v) is 4.39. The third-order valence-corrected chi connectivity index (χ3v) is 6.43. The molecule has 0 radical (unpaired) electrons. The van der Waals surface area contributed by atoms with E-state index in [1.165, 1.54) is 4.57 Å². The Morgan fingerprint density at radius 3 is 2.54 bits per heavy atom. The van der Waals surface area contributed by atoms with Gasteiger partial charge in [0.15, 0.2) is 5.16 Å². The highest BCUT2D eigenvalue weighted by atomic mass is 32.2. The molecule has 0 aliphatic heterocycles. The Labute approximate surface area is 215 Å². The van der Waals surface area contributed by atoms with Crippen LogP contribution in [0.25, 0.3) is 10.9 Å². The molecular weight excluding hydrogens is 498 g/mol. The number of para-hydroxylation sites is 1. The monoisotopic (exact) mass is 522 g/mol. The van der Waals surface area contributed by atoms with E-state index in [0.29, 0.717) is 28.2 Å². The van der Waals surface area contributed by atoms with Gasteiger partial charge in [-0.3, -0.25) is 19.0 Å². The Balaban J connectivity index is 1.57. The first-order valence-corrected chi connectivity index (χ1v) is 12.6. The molecule has 2 amide bonds. The zero-order chi connectivity index (χ0) is 26.4. The van der Waals surface area contributed by atoms with Crippen LogP contribution in [0.1, 0.15) is 29.3 Å². The number of thioether (sulfide) groups is 1. The second-order valence-electron chi connectivity index (χ2n) is 8.22. The maximum Gasteiger partial charge on any atom is 0.262 e. The van der Waals surface area contributed by atoms with Gasteiger partial charge >= 0.3 is 0 Å². The lowest BCUT2D eigenvalue weighted by Crippen LogP contribution is -2.25. The van der Waals surface area contributed by atoms with Crippen molar-refractivity contribution < 1.29 is 18.4 Å². The van der Waals surface area contributed by atoms with E-state index in [0.717, 1.165) is 41.9 Å². The van der Waals surface area contributed by atoms with Crippen LogP contribution in [0.3, 0.4) is 0 Å². The number of nitrogens with one attached hydrogen (secondary N) is 2. The number of carbonyl (C=O) groups excluding carboxylic acids is 2. The maximum atomic E-state index is 13.9. The smallest absolute Gasteiger partial charge is 0.262 e.